The van der Waals surface area contributed by atoms with Crippen molar-refractivity contribution in [3.8, 4) is 11.5 Å². The summed E-state index contributed by atoms with van der Waals surface area (Å²) in [5.41, 5.74) is 1.76. The number of hydrogen-bond donors (Lipinski definition) is 1. The van der Waals surface area contributed by atoms with Gasteiger partial charge in [0, 0.05) is 18.0 Å². The average Bonchev–Trinajstić information content (AvgIpc) is 3.50. The van der Waals surface area contributed by atoms with Crippen LogP contribution in [0.3, 0.4) is 0 Å². The normalized spacial score (nSPS) is 14.9. The fourth-order valence-electron chi connectivity index (χ4n) is 2.95. The molecule has 1 atom stereocenters. The van der Waals surface area contributed by atoms with E-state index in [2.05, 4.69) is 15.3 Å². The van der Waals surface area contributed by atoms with Gasteiger partial charge in [0.15, 0.2) is 17.3 Å². The largest absolute Gasteiger partial charge is 0.493 e. The minimum absolute atomic E-state index is 0.0595. The number of nitrogens with one attached hydrogen (secondary N) is 1. The summed E-state index contributed by atoms with van der Waals surface area (Å²) in [5, 5.41) is 3.05. The van der Waals surface area contributed by atoms with Crippen molar-refractivity contribution < 1.29 is 14.3 Å². The van der Waals surface area contributed by atoms with E-state index in [-0.39, 0.29) is 18.1 Å². The second kappa shape index (κ2) is 8.87. The Morgan fingerprint density at radius 1 is 1.25 bits per heavy atom. The van der Waals surface area contributed by atoms with E-state index in [1.54, 1.807) is 19.4 Å². The lowest BCUT2D eigenvalue weighted by Crippen LogP contribution is -2.29. The number of benzene rings is 1. The summed E-state index contributed by atoms with van der Waals surface area (Å²) in [6, 6.07) is 7.31. The van der Waals surface area contributed by atoms with Gasteiger partial charge in [-0.25, -0.2) is 9.97 Å². The van der Waals surface area contributed by atoms with E-state index in [0.717, 1.165) is 24.1 Å². The lowest BCUT2D eigenvalue weighted by atomic mass is 10.1. The van der Waals surface area contributed by atoms with Crippen LogP contribution >= 0.6 is 0 Å². The molecule has 0 saturated heterocycles. The Balaban J connectivity index is 1.69. The predicted octanol–water partition coefficient (Wildman–Crippen LogP) is 3.86. The van der Waals surface area contributed by atoms with Crippen LogP contribution in [0.25, 0.3) is 6.08 Å². The third-order valence-corrected chi connectivity index (χ3v) is 4.46. The Morgan fingerprint density at radius 2 is 2.04 bits per heavy atom. The molecule has 1 aliphatic rings. The van der Waals surface area contributed by atoms with Crippen molar-refractivity contribution in [1.29, 1.82) is 0 Å². The summed E-state index contributed by atoms with van der Waals surface area (Å²) in [7, 11) is 1.60. The van der Waals surface area contributed by atoms with Crippen LogP contribution in [0.2, 0.25) is 0 Å². The molecule has 1 saturated carbocycles. The first-order chi connectivity index (χ1) is 13.5. The molecule has 0 bridgehead atoms. The number of rotatable bonds is 8. The number of hydrogen-bond acceptors (Lipinski definition) is 5. The maximum atomic E-state index is 12.5. The number of ether oxygens (including phenoxy) is 2. The standard InChI is InChI=1S/C22H27N3O3/c1-14(2)28-18-9-5-16(13-19(18)27-4)6-10-20(26)25-21(17-7-8-17)22-23-12-11-15(3)24-22/h5-6,9-14,17,21H,7-8H2,1-4H3,(H,25,26). The fourth-order valence-corrected chi connectivity index (χ4v) is 2.95. The molecular weight excluding hydrogens is 354 g/mol. The summed E-state index contributed by atoms with van der Waals surface area (Å²) >= 11 is 0. The van der Waals surface area contributed by atoms with Gasteiger partial charge in [0.1, 0.15) is 0 Å². The van der Waals surface area contributed by atoms with Crippen molar-refractivity contribution in [2.45, 2.75) is 45.8 Å². The molecule has 28 heavy (non-hydrogen) atoms. The molecule has 1 aromatic carbocycles. The highest BCUT2D eigenvalue weighted by atomic mass is 16.5. The summed E-state index contributed by atoms with van der Waals surface area (Å²) in [5.74, 6) is 2.25. The Labute approximate surface area is 166 Å². The number of amides is 1. The zero-order chi connectivity index (χ0) is 20.1. The zero-order valence-electron chi connectivity index (χ0n) is 16.8. The van der Waals surface area contributed by atoms with Crippen molar-refractivity contribution in [1.82, 2.24) is 15.3 Å². The topological polar surface area (TPSA) is 73.3 Å². The monoisotopic (exact) mass is 381 g/mol. The molecule has 0 spiro atoms. The number of carbonyl (C=O) groups excluding carboxylic acids is 1. The predicted molar refractivity (Wildman–Crippen MR) is 108 cm³/mol. The minimum Gasteiger partial charge on any atom is -0.493 e. The molecule has 1 heterocycles. The van der Waals surface area contributed by atoms with E-state index in [4.69, 9.17) is 9.47 Å². The SMILES string of the molecule is COc1cc(C=CC(=O)NC(c2nccc(C)n2)C2CC2)ccc1OC(C)C. The van der Waals surface area contributed by atoms with E-state index in [0.29, 0.717) is 23.2 Å². The van der Waals surface area contributed by atoms with Gasteiger partial charge in [-0.3, -0.25) is 4.79 Å². The molecule has 6 nitrogen and oxygen atoms in total. The molecule has 1 amide bonds. The van der Waals surface area contributed by atoms with Crippen molar-refractivity contribution in [2.24, 2.45) is 5.92 Å². The van der Waals surface area contributed by atoms with Gasteiger partial charge in [0.25, 0.3) is 0 Å². The minimum atomic E-state index is -0.163. The summed E-state index contributed by atoms with van der Waals surface area (Å²) in [4.78, 5) is 21.3. The van der Waals surface area contributed by atoms with Crippen LogP contribution in [0.5, 0.6) is 11.5 Å². The molecule has 2 aromatic rings. The van der Waals surface area contributed by atoms with E-state index in [1.165, 1.54) is 6.08 Å². The summed E-state index contributed by atoms with van der Waals surface area (Å²) in [6.07, 6.45) is 7.26. The lowest BCUT2D eigenvalue weighted by molar-refractivity contribution is -0.117. The second-order valence-electron chi connectivity index (χ2n) is 7.29. The smallest absolute Gasteiger partial charge is 0.244 e. The Kier molecular flexibility index (Phi) is 6.29. The highest BCUT2D eigenvalue weighted by Crippen LogP contribution is 2.39. The van der Waals surface area contributed by atoms with Crippen LogP contribution in [0, 0.1) is 12.8 Å². The van der Waals surface area contributed by atoms with Gasteiger partial charge in [0.05, 0.1) is 19.3 Å². The average molecular weight is 381 g/mol. The van der Waals surface area contributed by atoms with Crippen LogP contribution in [-0.4, -0.2) is 29.1 Å². The van der Waals surface area contributed by atoms with Crippen molar-refractivity contribution >= 4 is 12.0 Å². The van der Waals surface area contributed by atoms with Crippen LogP contribution in [-0.2, 0) is 4.79 Å². The van der Waals surface area contributed by atoms with Gasteiger partial charge in [-0.1, -0.05) is 6.07 Å². The summed E-state index contributed by atoms with van der Waals surface area (Å²) < 4.78 is 11.1. The van der Waals surface area contributed by atoms with Gasteiger partial charge < -0.3 is 14.8 Å². The number of nitrogens with zero attached hydrogens (tertiary/aromatic N) is 2. The number of methoxy groups -OCH3 is 1. The van der Waals surface area contributed by atoms with Gasteiger partial charge in [-0.05, 0) is 69.4 Å². The lowest BCUT2D eigenvalue weighted by Gasteiger charge is -2.16. The maximum absolute atomic E-state index is 12.5. The molecule has 1 aromatic heterocycles. The molecule has 1 N–H and O–H groups in total. The first-order valence-corrected chi connectivity index (χ1v) is 9.59. The Hall–Kier alpha value is -2.89. The summed E-state index contributed by atoms with van der Waals surface area (Å²) in [6.45, 7) is 5.86. The Bertz CT molecular complexity index is 860. The van der Waals surface area contributed by atoms with E-state index in [1.807, 2.05) is 45.0 Å². The molecule has 1 fully saturated rings. The number of aryl methyl sites for hydroxylation is 1. The fraction of sp³-hybridized carbons (Fsp3) is 0.409. The number of carbonyl (C=O) groups is 1. The molecule has 1 unspecified atom stereocenters. The van der Waals surface area contributed by atoms with Gasteiger partial charge in [-0.2, -0.15) is 0 Å². The highest BCUT2D eigenvalue weighted by Gasteiger charge is 2.35. The van der Waals surface area contributed by atoms with Crippen molar-refractivity contribution in [2.75, 3.05) is 7.11 Å². The highest BCUT2D eigenvalue weighted by molar-refractivity contribution is 5.92. The molecule has 1 aliphatic carbocycles. The van der Waals surface area contributed by atoms with E-state index >= 15 is 0 Å². The van der Waals surface area contributed by atoms with Gasteiger partial charge in [0.2, 0.25) is 5.91 Å². The van der Waals surface area contributed by atoms with Crippen LogP contribution < -0.4 is 14.8 Å². The first kappa shape index (κ1) is 19.9. The van der Waals surface area contributed by atoms with Crippen LogP contribution in [0.15, 0.2) is 36.5 Å². The van der Waals surface area contributed by atoms with Crippen molar-refractivity contribution in [3.05, 3.63) is 53.6 Å². The molecule has 0 radical (unpaired) electrons. The Morgan fingerprint density at radius 3 is 2.68 bits per heavy atom. The zero-order valence-corrected chi connectivity index (χ0v) is 16.8. The van der Waals surface area contributed by atoms with Gasteiger partial charge >= 0.3 is 0 Å². The second-order valence-corrected chi connectivity index (χ2v) is 7.29. The molecule has 6 heteroatoms. The maximum Gasteiger partial charge on any atom is 0.244 e. The first-order valence-electron chi connectivity index (χ1n) is 9.59. The quantitative estimate of drug-likeness (QED) is 0.703. The van der Waals surface area contributed by atoms with Crippen LogP contribution in [0.1, 0.15) is 49.8 Å². The van der Waals surface area contributed by atoms with Crippen molar-refractivity contribution in [3.63, 3.8) is 0 Å². The molecule has 148 valence electrons. The third kappa shape index (κ3) is 5.31. The van der Waals surface area contributed by atoms with Crippen LogP contribution in [0.4, 0.5) is 0 Å². The van der Waals surface area contributed by atoms with E-state index in [9.17, 15) is 4.79 Å². The molecule has 3 rings (SSSR count). The molecule has 0 aliphatic heterocycles. The van der Waals surface area contributed by atoms with E-state index < -0.39 is 0 Å². The number of aromatic nitrogens is 2. The third-order valence-electron chi connectivity index (χ3n) is 4.46. The van der Waals surface area contributed by atoms with Gasteiger partial charge in [-0.15, -0.1) is 0 Å². The molecular formula is C22H27N3O3.